The van der Waals surface area contributed by atoms with E-state index in [1.54, 1.807) is 36.7 Å². The molecule has 0 fully saturated rings. The molecule has 3 aromatic rings. The predicted molar refractivity (Wildman–Crippen MR) is 145 cm³/mol. The number of benzene rings is 2. The number of hydrogen-bond donors (Lipinski definition) is 3. The number of nitrogens with one attached hydrogen (secondary N) is 2. The second-order valence-corrected chi connectivity index (χ2v) is 8.42. The van der Waals surface area contributed by atoms with Crippen LogP contribution in [0.25, 0.3) is 11.1 Å². The Balaban J connectivity index is 1.62. The van der Waals surface area contributed by atoms with Crippen LogP contribution in [0.3, 0.4) is 0 Å². The van der Waals surface area contributed by atoms with Gasteiger partial charge in [-0.1, -0.05) is 55.6 Å². The lowest BCUT2D eigenvalue weighted by Crippen LogP contribution is -2.18. The Labute approximate surface area is 212 Å². The van der Waals surface area contributed by atoms with Crippen molar-refractivity contribution in [2.24, 2.45) is 0 Å². The van der Waals surface area contributed by atoms with Crippen LogP contribution in [0.15, 0.2) is 109 Å². The topological polar surface area (TPSA) is 86.8 Å². The second-order valence-electron chi connectivity index (χ2n) is 8.42. The van der Waals surface area contributed by atoms with Crippen molar-refractivity contribution >= 4 is 5.82 Å². The molecule has 0 aliphatic rings. The van der Waals surface area contributed by atoms with Gasteiger partial charge in [0.25, 0.3) is 0 Å². The fraction of sp³-hybridized carbons (Fsp3) is 0.133. The molecule has 0 saturated carbocycles. The molecule has 0 radical (unpaired) electrons. The molecule has 3 rings (SSSR count). The lowest BCUT2D eigenvalue weighted by Gasteiger charge is -2.18. The Bertz CT molecular complexity index is 1330. The molecule has 1 atom stereocenters. The van der Waals surface area contributed by atoms with E-state index in [4.69, 9.17) is 5.73 Å². The number of hydrogen-bond acceptors (Lipinski definition) is 5. The highest BCUT2D eigenvalue weighted by atomic mass is 19.1. The third-order valence-corrected chi connectivity index (χ3v) is 5.74. The minimum atomic E-state index is -0.280. The molecule has 4 N–H and O–H groups in total. The summed E-state index contributed by atoms with van der Waals surface area (Å²) in [6, 6.07) is 18.5. The summed E-state index contributed by atoms with van der Waals surface area (Å²) < 4.78 is 13.2. The molecule has 5 nitrogen and oxygen atoms in total. The third-order valence-electron chi connectivity index (χ3n) is 5.74. The van der Waals surface area contributed by atoms with Crippen LogP contribution in [-0.2, 0) is 6.54 Å². The van der Waals surface area contributed by atoms with E-state index in [1.807, 2.05) is 44.2 Å². The fourth-order valence-electron chi connectivity index (χ4n) is 3.56. The number of nitrogen functional groups attached to an aromatic ring is 1. The van der Waals surface area contributed by atoms with E-state index in [0.29, 0.717) is 29.2 Å². The van der Waals surface area contributed by atoms with Gasteiger partial charge in [0.2, 0.25) is 0 Å². The SMILES string of the molecule is C=C/C(=C\C(C#N)=C/NCc1ccc(-c2cnc(N)c(C)c2)cc1)C(=C)NC(C)c1ccc(F)cc1. The number of aryl methyl sites for hydroxylation is 1. The van der Waals surface area contributed by atoms with E-state index in [2.05, 4.69) is 34.8 Å². The monoisotopic (exact) mass is 479 g/mol. The number of rotatable bonds is 10. The van der Waals surface area contributed by atoms with Crippen LogP contribution in [0.4, 0.5) is 10.2 Å². The summed E-state index contributed by atoms with van der Waals surface area (Å²) in [4.78, 5) is 4.22. The number of halogens is 1. The van der Waals surface area contributed by atoms with Crippen molar-refractivity contribution in [2.75, 3.05) is 5.73 Å². The summed E-state index contributed by atoms with van der Waals surface area (Å²) in [5, 5.41) is 16.1. The number of pyridine rings is 1. The highest BCUT2D eigenvalue weighted by Gasteiger charge is 2.08. The van der Waals surface area contributed by atoms with Gasteiger partial charge >= 0.3 is 0 Å². The molecule has 1 unspecified atom stereocenters. The Morgan fingerprint density at radius 3 is 2.47 bits per heavy atom. The van der Waals surface area contributed by atoms with Crippen molar-refractivity contribution < 1.29 is 4.39 Å². The first kappa shape index (κ1) is 26.0. The van der Waals surface area contributed by atoms with E-state index in [9.17, 15) is 9.65 Å². The van der Waals surface area contributed by atoms with Gasteiger partial charge in [-0.25, -0.2) is 9.37 Å². The van der Waals surface area contributed by atoms with Gasteiger partial charge in [0.1, 0.15) is 17.7 Å². The molecule has 0 amide bonds. The van der Waals surface area contributed by atoms with E-state index in [-0.39, 0.29) is 11.9 Å². The van der Waals surface area contributed by atoms with Crippen LogP contribution in [0.5, 0.6) is 0 Å². The van der Waals surface area contributed by atoms with Gasteiger partial charge in [0.05, 0.1) is 5.57 Å². The van der Waals surface area contributed by atoms with Gasteiger partial charge in [0, 0.05) is 36.2 Å². The van der Waals surface area contributed by atoms with Crippen molar-refractivity contribution in [1.29, 1.82) is 5.26 Å². The Morgan fingerprint density at radius 1 is 1.17 bits per heavy atom. The first-order valence-electron chi connectivity index (χ1n) is 11.5. The molecule has 0 aliphatic heterocycles. The van der Waals surface area contributed by atoms with Crippen molar-refractivity contribution in [2.45, 2.75) is 26.4 Å². The van der Waals surface area contributed by atoms with E-state index in [1.165, 1.54) is 12.1 Å². The number of anilines is 1. The third kappa shape index (κ3) is 6.94. The Kier molecular flexibility index (Phi) is 8.79. The van der Waals surface area contributed by atoms with Crippen molar-refractivity contribution in [1.82, 2.24) is 15.6 Å². The number of aromatic nitrogens is 1. The fourth-order valence-corrected chi connectivity index (χ4v) is 3.56. The quantitative estimate of drug-likeness (QED) is 0.236. The van der Waals surface area contributed by atoms with Gasteiger partial charge in [-0.3, -0.25) is 0 Å². The number of nitrogens with two attached hydrogens (primary N) is 1. The molecular formula is C30H30FN5. The summed E-state index contributed by atoms with van der Waals surface area (Å²) in [5.41, 5.74) is 12.6. The summed E-state index contributed by atoms with van der Waals surface area (Å²) >= 11 is 0. The molecule has 36 heavy (non-hydrogen) atoms. The van der Waals surface area contributed by atoms with Crippen molar-refractivity contribution in [3.8, 4) is 17.2 Å². The lowest BCUT2D eigenvalue weighted by molar-refractivity contribution is 0.620. The lowest BCUT2D eigenvalue weighted by atomic mass is 10.0. The summed E-state index contributed by atoms with van der Waals surface area (Å²) in [6.07, 6.45) is 6.79. The Hall–Kier alpha value is -4.63. The first-order valence-corrected chi connectivity index (χ1v) is 11.5. The van der Waals surface area contributed by atoms with Crippen molar-refractivity contribution in [3.05, 3.63) is 132 Å². The molecule has 2 aromatic carbocycles. The number of nitriles is 1. The average Bonchev–Trinajstić information content (AvgIpc) is 2.88. The zero-order valence-corrected chi connectivity index (χ0v) is 20.6. The van der Waals surface area contributed by atoms with Gasteiger partial charge in [-0.15, -0.1) is 0 Å². The molecule has 0 spiro atoms. The van der Waals surface area contributed by atoms with E-state index in [0.717, 1.165) is 27.8 Å². The Morgan fingerprint density at radius 2 is 1.86 bits per heavy atom. The minimum Gasteiger partial charge on any atom is -0.386 e. The first-order chi connectivity index (χ1) is 17.3. The molecular weight excluding hydrogens is 449 g/mol. The zero-order valence-electron chi connectivity index (χ0n) is 20.6. The van der Waals surface area contributed by atoms with Crippen LogP contribution in [0.2, 0.25) is 0 Å². The highest BCUT2D eigenvalue weighted by molar-refractivity contribution is 5.65. The number of nitrogens with zero attached hydrogens (tertiary/aromatic N) is 2. The molecule has 1 heterocycles. The molecule has 182 valence electrons. The van der Waals surface area contributed by atoms with Crippen LogP contribution in [-0.4, -0.2) is 4.98 Å². The van der Waals surface area contributed by atoms with E-state index < -0.39 is 0 Å². The largest absolute Gasteiger partial charge is 0.386 e. The maximum atomic E-state index is 13.2. The average molecular weight is 480 g/mol. The van der Waals surface area contributed by atoms with E-state index >= 15 is 0 Å². The van der Waals surface area contributed by atoms with Gasteiger partial charge in [-0.05, 0) is 65.9 Å². The molecule has 6 heteroatoms. The summed E-state index contributed by atoms with van der Waals surface area (Å²) in [5.74, 6) is 0.257. The smallest absolute Gasteiger partial charge is 0.126 e. The van der Waals surface area contributed by atoms with Gasteiger partial charge < -0.3 is 16.4 Å². The summed E-state index contributed by atoms with van der Waals surface area (Å²) in [6.45, 7) is 12.4. The second kappa shape index (κ2) is 12.2. The standard InChI is InChI=1S/C30H30FN5/c1-5-25(21(3)36-22(4)26-10-12-29(31)13-11-26)15-24(16-32)18-34-17-23-6-8-27(9-7-23)28-14-20(2)30(33)35-19-28/h5-15,18-19,22,34,36H,1,3,17H2,2,4H3,(H2,33,35)/b24-18+,25-15+. The molecule has 0 aliphatic carbocycles. The normalized spacial score (nSPS) is 12.4. The van der Waals surface area contributed by atoms with Crippen LogP contribution < -0.4 is 16.4 Å². The van der Waals surface area contributed by atoms with Crippen LogP contribution in [0.1, 0.15) is 29.7 Å². The van der Waals surface area contributed by atoms with Crippen LogP contribution >= 0.6 is 0 Å². The molecule has 1 aromatic heterocycles. The minimum absolute atomic E-state index is 0.0926. The summed E-state index contributed by atoms with van der Waals surface area (Å²) in [7, 11) is 0. The maximum absolute atomic E-state index is 13.2. The molecule has 0 saturated heterocycles. The maximum Gasteiger partial charge on any atom is 0.126 e. The number of allylic oxidation sites excluding steroid dienone is 3. The van der Waals surface area contributed by atoms with Gasteiger partial charge in [-0.2, -0.15) is 5.26 Å². The van der Waals surface area contributed by atoms with Crippen LogP contribution in [0, 0.1) is 24.1 Å². The van der Waals surface area contributed by atoms with Gasteiger partial charge in [0.15, 0.2) is 0 Å². The zero-order chi connectivity index (χ0) is 26.1. The highest BCUT2D eigenvalue weighted by Crippen LogP contribution is 2.22. The molecule has 0 bridgehead atoms. The predicted octanol–water partition coefficient (Wildman–Crippen LogP) is 6.25. The van der Waals surface area contributed by atoms with Crippen molar-refractivity contribution in [3.63, 3.8) is 0 Å².